The molecule has 25 heavy (non-hydrogen) atoms. The van der Waals surface area contributed by atoms with Crippen molar-refractivity contribution in [2.24, 2.45) is 7.05 Å². The summed E-state index contributed by atoms with van der Waals surface area (Å²) in [7, 11) is 1.92. The van der Waals surface area contributed by atoms with Crippen molar-refractivity contribution in [1.29, 1.82) is 0 Å². The molecule has 134 valence electrons. The van der Waals surface area contributed by atoms with E-state index in [4.69, 9.17) is 9.15 Å². The van der Waals surface area contributed by atoms with Gasteiger partial charge in [-0.1, -0.05) is 0 Å². The first-order valence-corrected chi connectivity index (χ1v) is 8.86. The minimum Gasteiger partial charge on any atom is -0.459 e. The molecule has 0 aromatic carbocycles. The monoisotopic (exact) mass is 344 g/mol. The standard InChI is InChI=1S/C18H24N4O3/c1-20-13-14(12-19-20)11-16-15(21-6-9-24-10-7-21)4-5-22(16)18(23)17-3-2-8-25-17/h2-3,8,12-13,15-16H,4-7,9-11H2,1H3/t15-,16-/m1/s1. The highest BCUT2D eigenvalue weighted by Crippen LogP contribution is 2.28. The van der Waals surface area contributed by atoms with Crippen LogP contribution < -0.4 is 0 Å². The Morgan fingerprint density at radius 2 is 2.16 bits per heavy atom. The van der Waals surface area contributed by atoms with E-state index in [1.54, 1.807) is 18.4 Å². The summed E-state index contributed by atoms with van der Waals surface area (Å²) < 4.78 is 12.7. The highest BCUT2D eigenvalue weighted by Gasteiger charge is 2.41. The van der Waals surface area contributed by atoms with E-state index in [1.165, 1.54) is 0 Å². The van der Waals surface area contributed by atoms with Gasteiger partial charge in [-0.05, 0) is 30.5 Å². The molecule has 2 atom stereocenters. The van der Waals surface area contributed by atoms with E-state index in [-0.39, 0.29) is 11.9 Å². The van der Waals surface area contributed by atoms with Gasteiger partial charge in [0, 0.05) is 38.9 Å². The van der Waals surface area contributed by atoms with Crippen molar-refractivity contribution in [3.8, 4) is 0 Å². The number of amides is 1. The number of morpholine rings is 1. The maximum atomic E-state index is 12.9. The number of hydrogen-bond acceptors (Lipinski definition) is 5. The van der Waals surface area contributed by atoms with Crippen LogP contribution in [-0.4, -0.2) is 70.4 Å². The predicted molar refractivity (Wildman–Crippen MR) is 91.2 cm³/mol. The SMILES string of the molecule is Cn1cc(C[C@@H]2[C@H](N3CCOCC3)CCN2C(=O)c2ccco2)cn1. The normalized spacial score (nSPS) is 24.8. The van der Waals surface area contributed by atoms with Crippen LogP contribution in [0, 0.1) is 0 Å². The molecule has 1 amide bonds. The number of likely N-dealkylation sites (tertiary alicyclic amines) is 1. The van der Waals surface area contributed by atoms with E-state index >= 15 is 0 Å². The maximum absolute atomic E-state index is 12.9. The maximum Gasteiger partial charge on any atom is 0.289 e. The van der Waals surface area contributed by atoms with Crippen LogP contribution >= 0.6 is 0 Å². The summed E-state index contributed by atoms with van der Waals surface area (Å²) >= 11 is 0. The number of carbonyl (C=O) groups excluding carboxylic acids is 1. The lowest BCUT2D eigenvalue weighted by Gasteiger charge is -2.37. The number of hydrogen-bond donors (Lipinski definition) is 0. The molecule has 2 fully saturated rings. The van der Waals surface area contributed by atoms with E-state index in [9.17, 15) is 4.79 Å². The first-order valence-electron chi connectivity index (χ1n) is 8.86. The summed E-state index contributed by atoms with van der Waals surface area (Å²) in [5.74, 6) is 0.397. The molecule has 7 heteroatoms. The van der Waals surface area contributed by atoms with Crippen LogP contribution in [0.25, 0.3) is 0 Å². The third kappa shape index (κ3) is 3.34. The minimum atomic E-state index is -0.0188. The van der Waals surface area contributed by atoms with Gasteiger partial charge in [0.15, 0.2) is 5.76 Å². The molecule has 0 saturated carbocycles. The molecule has 0 bridgehead atoms. The number of carbonyl (C=O) groups is 1. The third-order valence-corrected chi connectivity index (χ3v) is 5.22. The van der Waals surface area contributed by atoms with Gasteiger partial charge in [0.1, 0.15) is 0 Å². The molecule has 7 nitrogen and oxygen atoms in total. The van der Waals surface area contributed by atoms with Crippen LogP contribution in [0.4, 0.5) is 0 Å². The Hall–Kier alpha value is -2.12. The van der Waals surface area contributed by atoms with Gasteiger partial charge in [-0.2, -0.15) is 5.10 Å². The number of aryl methyl sites for hydroxylation is 1. The quantitative estimate of drug-likeness (QED) is 0.833. The summed E-state index contributed by atoms with van der Waals surface area (Å²) in [5, 5.41) is 4.28. The van der Waals surface area contributed by atoms with Crippen LogP contribution in [0.1, 0.15) is 22.5 Å². The van der Waals surface area contributed by atoms with Gasteiger partial charge in [-0.3, -0.25) is 14.4 Å². The predicted octanol–water partition coefficient (Wildman–Crippen LogP) is 1.17. The molecule has 0 unspecified atom stereocenters. The van der Waals surface area contributed by atoms with Crippen molar-refractivity contribution < 1.29 is 13.9 Å². The molecule has 0 N–H and O–H groups in total. The molecule has 4 rings (SSSR count). The van der Waals surface area contributed by atoms with Gasteiger partial charge in [0.2, 0.25) is 0 Å². The second kappa shape index (κ2) is 7.01. The molecular formula is C18H24N4O3. The molecule has 2 aromatic heterocycles. The second-order valence-corrected chi connectivity index (χ2v) is 6.77. The summed E-state index contributed by atoms with van der Waals surface area (Å²) in [4.78, 5) is 17.4. The zero-order valence-electron chi connectivity index (χ0n) is 14.5. The molecule has 2 aliphatic rings. The van der Waals surface area contributed by atoms with Gasteiger partial charge < -0.3 is 14.1 Å². The van der Waals surface area contributed by atoms with Crippen molar-refractivity contribution in [1.82, 2.24) is 19.6 Å². The average molecular weight is 344 g/mol. The molecule has 0 radical (unpaired) electrons. The highest BCUT2D eigenvalue weighted by molar-refractivity contribution is 5.92. The fraction of sp³-hybridized carbons (Fsp3) is 0.556. The van der Waals surface area contributed by atoms with E-state index in [0.29, 0.717) is 11.8 Å². The van der Waals surface area contributed by atoms with Gasteiger partial charge >= 0.3 is 0 Å². The smallest absolute Gasteiger partial charge is 0.289 e. The Bertz CT molecular complexity index is 706. The van der Waals surface area contributed by atoms with E-state index in [1.807, 2.05) is 29.0 Å². The van der Waals surface area contributed by atoms with Crippen LogP contribution in [0.2, 0.25) is 0 Å². The Kier molecular flexibility index (Phi) is 4.59. The highest BCUT2D eigenvalue weighted by atomic mass is 16.5. The largest absolute Gasteiger partial charge is 0.459 e. The number of ether oxygens (including phenoxy) is 1. The summed E-state index contributed by atoms with van der Waals surface area (Å²) in [6.45, 7) is 4.14. The van der Waals surface area contributed by atoms with Gasteiger partial charge in [-0.15, -0.1) is 0 Å². The van der Waals surface area contributed by atoms with Crippen molar-refractivity contribution in [3.05, 3.63) is 42.1 Å². The summed E-state index contributed by atoms with van der Waals surface area (Å²) in [6.07, 6.45) is 7.27. The van der Waals surface area contributed by atoms with Crippen LogP contribution in [0.5, 0.6) is 0 Å². The first kappa shape index (κ1) is 16.4. The molecule has 2 aliphatic heterocycles. The fourth-order valence-electron chi connectivity index (χ4n) is 4.03. The molecule has 2 saturated heterocycles. The van der Waals surface area contributed by atoms with Crippen molar-refractivity contribution >= 4 is 5.91 Å². The zero-order valence-corrected chi connectivity index (χ0v) is 14.5. The van der Waals surface area contributed by atoms with Crippen LogP contribution in [0.15, 0.2) is 35.2 Å². The molecule has 0 spiro atoms. The fourth-order valence-corrected chi connectivity index (χ4v) is 4.03. The van der Waals surface area contributed by atoms with Crippen molar-refractivity contribution in [3.63, 3.8) is 0 Å². The molecule has 2 aromatic rings. The number of furan rings is 1. The first-order chi connectivity index (χ1) is 12.2. The van der Waals surface area contributed by atoms with E-state index in [0.717, 1.165) is 51.3 Å². The summed E-state index contributed by atoms with van der Waals surface area (Å²) in [6, 6.07) is 3.98. The van der Waals surface area contributed by atoms with E-state index in [2.05, 4.69) is 10.00 Å². The summed E-state index contributed by atoms with van der Waals surface area (Å²) in [5.41, 5.74) is 1.16. The number of nitrogens with zero attached hydrogens (tertiary/aromatic N) is 4. The van der Waals surface area contributed by atoms with Gasteiger partial charge in [0.25, 0.3) is 5.91 Å². The molecule has 0 aliphatic carbocycles. The topological polar surface area (TPSA) is 63.7 Å². The average Bonchev–Trinajstić information content (AvgIpc) is 3.37. The van der Waals surface area contributed by atoms with Crippen molar-refractivity contribution in [2.45, 2.75) is 24.9 Å². The van der Waals surface area contributed by atoms with Gasteiger partial charge in [-0.25, -0.2) is 0 Å². The Morgan fingerprint density at radius 3 is 2.84 bits per heavy atom. The van der Waals surface area contributed by atoms with Crippen LogP contribution in [-0.2, 0) is 18.2 Å². The lowest BCUT2D eigenvalue weighted by atomic mass is 10.00. The van der Waals surface area contributed by atoms with Crippen LogP contribution in [0.3, 0.4) is 0 Å². The lowest BCUT2D eigenvalue weighted by Crippen LogP contribution is -2.51. The molecule has 4 heterocycles. The second-order valence-electron chi connectivity index (χ2n) is 6.77. The Balaban J connectivity index is 1.57. The Morgan fingerprint density at radius 1 is 1.32 bits per heavy atom. The number of rotatable bonds is 4. The molecular weight excluding hydrogens is 320 g/mol. The number of aromatic nitrogens is 2. The minimum absolute atomic E-state index is 0.0188. The van der Waals surface area contributed by atoms with E-state index < -0.39 is 0 Å². The zero-order chi connectivity index (χ0) is 17.2. The van der Waals surface area contributed by atoms with Crippen molar-refractivity contribution in [2.75, 3.05) is 32.8 Å². The van der Waals surface area contributed by atoms with Gasteiger partial charge in [0.05, 0.1) is 31.7 Å². The third-order valence-electron chi connectivity index (χ3n) is 5.22. The Labute approximate surface area is 147 Å². The lowest BCUT2D eigenvalue weighted by molar-refractivity contribution is 0.00840.